The quantitative estimate of drug-likeness (QED) is 0.747. The Kier molecular flexibility index (Phi) is 5.52. The summed E-state index contributed by atoms with van der Waals surface area (Å²) < 4.78 is 13.0. The lowest BCUT2D eigenvalue weighted by Crippen LogP contribution is -2.19. The van der Waals surface area contributed by atoms with Crippen LogP contribution < -0.4 is 5.32 Å². The normalized spacial score (nSPS) is 12.1. The van der Waals surface area contributed by atoms with Gasteiger partial charge in [-0.05, 0) is 44.0 Å². The summed E-state index contributed by atoms with van der Waals surface area (Å²) in [5, 5.41) is 11.7. The van der Waals surface area contributed by atoms with Crippen molar-refractivity contribution in [3.05, 3.63) is 35.6 Å². The standard InChI is InChI=1S/C13H17FN2/c1-11(16-9-4-2-3-8-15)12-6-5-7-13(14)10-12/h5-7,10-11,16H,2-4,9H2,1H3. The monoisotopic (exact) mass is 220 g/mol. The highest BCUT2D eigenvalue weighted by atomic mass is 19.1. The molecule has 0 radical (unpaired) electrons. The summed E-state index contributed by atoms with van der Waals surface area (Å²) in [5.41, 5.74) is 0.959. The fourth-order valence-corrected chi connectivity index (χ4v) is 1.54. The van der Waals surface area contributed by atoms with Crippen LogP contribution in [0.3, 0.4) is 0 Å². The molecule has 1 aromatic rings. The van der Waals surface area contributed by atoms with Crippen molar-refractivity contribution in [1.29, 1.82) is 5.26 Å². The molecule has 2 nitrogen and oxygen atoms in total. The Bertz CT molecular complexity index is 357. The number of rotatable bonds is 6. The molecular formula is C13H17FN2. The third kappa shape index (κ3) is 4.41. The van der Waals surface area contributed by atoms with Gasteiger partial charge in [0.2, 0.25) is 0 Å². The number of unbranched alkanes of at least 4 members (excludes halogenated alkanes) is 2. The molecule has 1 unspecified atom stereocenters. The van der Waals surface area contributed by atoms with E-state index in [2.05, 4.69) is 11.4 Å². The molecule has 16 heavy (non-hydrogen) atoms. The van der Waals surface area contributed by atoms with E-state index in [4.69, 9.17) is 5.26 Å². The first-order chi connectivity index (χ1) is 7.74. The van der Waals surface area contributed by atoms with Crippen molar-refractivity contribution in [2.75, 3.05) is 6.54 Å². The summed E-state index contributed by atoms with van der Waals surface area (Å²) in [6.45, 7) is 2.87. The molecule has 1 aromatic carbocycles. The van der Waals surface area contributed by atoms with E-state index in [-0.39, 0.29) is 11.9 Å². The first-order valence-electron chi connectivity index (χ1n) is 5.60. The van der Waals surface area contributed by atoms with Gasteiger partial charge in [0, 0.05) is 12.5 Å². The van der Waals surface area contributed by atoms with Crippen LogP contribution in [0.25, 0.3) is 0 Å². The first kappa shape index (κ1) is 12.7. The molecule has 1 N–H and O–H groups in total. The fourth-order valence-electron chi connectivity index (χ4n) is 1.54. The van der Waals surface area contributed by atoms with Crippen molar-refractivity contribution in [2.24, 2.45) is 0 Å². The Morgan fingerprint density at radius 3 is 2.94 bits per heavy atom. The Labute approximate surface area is 96.1 Å². The fraction of sp³-hybridized carbons (Fsp3) is 0.462. The summed E-state index contributed by atoms with van der Waals surface area (Å²) in [6.07, 6.45) is 2.50. The van der Waals surface area contributed by atoms with Gasteiger partial charge in [-0.25, -0.2) is 4.39 Å². The van der Waals surface area contributed by atoms with Crippen LogP contribution in [0.15, 0.2) is 24.3 Å². The van der Waals surface area contributed by atoms with Crippen LogP contribution in [-0.2, 0) is 0 Å². The van der Waals surface area contributed by atoms with Gasteiger partial charge in [0.1, 0.15) is 5.82 Å². The summed E-state index contributed by atoms with van der Waals surface area (Å²) in [6, 6.07) is 8.90. The zero-order valence-corrected chi connectivity index (χ0v) is 9.54. The molecule has 0 aliphatic carbocycles. The number of hydrogen-bond donors (Lipinski definition) is 1. The largest absolute Gasteiger partial charge is 0.310 e. The lowest BCUT2D eigenvalue weighted by Gasteiger charge is -2.13. The second-order valence-electron chi connectivity index (χ2n) is 3.85. The molecule has 0 aromatic heterocycles. The number of halogens is 1. The number of nitrogens with one attached hydrogen (secondary N) is 1. The summed E-state index contributed by atoms with van der Waals surface area (Å²) >= 11 is 0. The summed E-state index contributed by atoms with van der Waals surface area (Å²) in [4.78, 5) is 0. The van der Waals surface area contributed by atoms with Crippen LogP contribution >= 0.6 is 0 Å². The third-order valence-corrected chi connectivity index (χ3v) is 2.51. The first-order valence-corrected chi connectivity index (χ1v) is 5.60. The average molecular weight is 220 g/mol. The second-order valence-corrected chi connectivity index (χ2v) is 3.85. The molecule has 0 aliphatic rings. The van der Waals surface area contributed by atoms with Crippen LogP contribution in [0, 0.1) is 17.1 Å². The van der Waals surface area contributed by atoms with E-state index in [1.165, 1.54) is 6.07 Å². The van der Waals surface area contributed by atoms with Crippen LogP contribution in [-0.4, -0.2) is 6.54 Å². The van der Waals surface area contributed by atoms with Crippen molar-refractivity contribution in [1.82, 2.24) is 5.32 Å². The Morgan fingerprint density at radius 1 is 1.44 bits per heavy atom. The highest BCUT2D eigenvalue weighted by Crippen LogP contribution is 2.13. The van der Waals surface area contributed by atoms with E-state index >= 15 is 0 Å². The van der Waals surface area contributed by atoms with Crippen molar-refractivity contribution in [2.45, 2.75) is 32.2 Å². The molecule has 0 saturated heterocycles. The van der Waals surface area contributed by atoms with Crippen LogP contribution in [0.1, 0.15) is 37.8 Å². The number of nitriles is 1. The minimum atomic E-state index is -0.198. The minimum Gasteiger partial charge on any atom is -0.310 e. The zero-order chi connectivity index (χ0) is 11.8. The lowest BCUT2D eigenvalue weighted by molar-refractivity contribution is 0.543. The van der Waals surface area contributed by atoms with Crippen molar-refractivity contribution >= 4 is 0 Å². The maximum Gasteiger partial charge on any atom is 0.123 e. The van der Waals surface area contributed by atoms with Crippen LogP contribution in [0.5, 0.6) is 0 Å². The number of benzene rings is 1. The van der Waals surface area contributed by atoms with Gasteiger partial charge in [-0.2, -0.15) is 5.26 Å². The maximum atomic E-state index is 13.0. The van der Waals surface area contributed by atoms with Crippen molar-refractivity contribution < 1.29 is 4.39 Å². The van der Waals surface area contributed by atoms with E-state index in [1.807, 2.05) is 13.0 Å². The molecule has 0 saturated carbocycles. The highest BCUT2D eigenvalue weighted by molar-refractivity contribution is 5.19. The third-order valence-electron chi connectivity index (χ3n) is 2.51. The van der Waals surface area contributed by atoms with E-state index < -0.39 is 0 Å². The molecule has 0 bridgehead atoms. The number of hydrogen-bond acceptors (Lipinski definition) is 2. The molecule has 0 aliphatic heterocycles. The topological polar surface area (TPSA) is 35.8 Å². The second kappa shape index (κ2) is 6.97. The molecule has 1 rings (SSSR count). The zero-order valence-electron chi connectivity index (χ0n) is 9.54. The van der Waals surface area contributed by atoms with Crippen LogP contribution in [0.2, 0.25) is 0 Å². The molecule has 0 fully saturated rings. The minimum absolute atomic E-state index is 0.151. The number of nitrogens with zero attached hydrogens (tertiary/aromatic N) is 1. The molecule has 0 amide bonds. The van der Waals surface area contributed by atoms with Crippen molar-refractivity contribution in [3.8, 4) is 6.07 Å². The molecule has 0 spiro atoms. The Morgan fingerprint density at radius 2 is 2.25 bits per heavy atom. The summed E-state index contributed by atoms with van der Waals surface area (Å²) in [5.74, 6) is -0.198. The summed E-state index contributed by atoms with van der Waals surface area (Å²) in [7, 11) is 0. The predicted octanol–water partition coefficient (Wildman–Crippen LogP) is 3.17. The predicted molar refractivity (Wildman–Crippen MR) is 62.3 cm³/mol. The maximum absolute atomic E-state index is 13.0. The Hall–Kier alpha value is -1.40. The molecular weight excluding hydrogens is 203 g/mol. The average Bonchev–Trinajstić information content (AvgIpc) is 2.28. The van der Waals surface area contributed by atoms with Gasteiger partial charge in [-0.1, -0.05) is 12.1 Å². The van der Waals surface area contributed by atoms with Crippen molar-refractivity contribution in [3.63, 3.8) is 0 Å². The van der Waals surface area contributed by atoms with E-state index in [0.29, 0.717) is 6.42 Å². The van der Waals surface area contributed by atoms with Gasteiger partial charge in [-0.3, -0.25) is 0 Å². The smallest absolute Gasteiger partial charge is 0.123 e. The van der Waals surface area contributed by atoms with E-state index in [9.17, 15) is 4.39 Å². The van der Waals surface area contributed by atoms with Gasteiger partial charge in [0.05, 0.1) is 6.07 Å². The Balaban J connectivity index is 2.30. The highest BCUT2D eigenvalue weighted by Gasteiger charge is 2.04. The SMILES string of the molecule is CC(NCCCCC#N)c1cccc(F)c1. The van der Waals surface area contributed by atoms with Crippen LogP contribution in [0.4, 0.5) is 4.39 Å². The van der Waals surface area contributed by atoms with E-state index in [1.54, 1.807) is 12.1 Å². The van der Waals surface area contributed by atoms with Gasteiger partial charge < -0.3 is 5.32 Å². The molecule has 1 atom stereocenters. The molecule has 86 valence electrons. The van der Waals surface area contributed by atoms with Gasteiger partial charge in [-0.15, -0.1) is 0 Å². The lowest BCUT2D eigenvalue weighted by atomic mass is 10.1. The van der Waals surface area contributed by atoms with E-state index in [0.717, 1.165) is 24.9 Å². The van der Waals surface area contributed by atoms with Gasteiger partial charge in [0.25, 0.3) is 0 Å². The van der Waals surface area contributed by atoms with Gasteiger partial charge >= 0.3 is 0 Å². The molecule has 0 heterocycles. The molecule has 3 heteroatoms. The van der Waals surface area contributed by atoms with Gasteiger partial charge in [0.15, 0.2) is 0 Å².